The van der Waals surface area contributed by atoms with Gasteiger partial charge in [0.05, 0.1) is 28.8 Å². The van der Waals surface area contributed by atoms with Crippen LogP contribution in [-0.2, 0) is 19.1 Å². The van der Waals surface area contributed by atoms with Crippen molar-refractivity contribution in [1.29, 1.82) is 0 Å². The molecule has 0 aliphatic heterocycles. The molecule has 11 heteroatoms. The third kappa shape index (κ3) is 5.68. The van der Waals surface area contributed by atoms with Crippen LogP contribution in [0.1, 0.15) is 22.6 Å². The van der Waals surface area contributed by atoms with E-state index in [1.165, 1.54) is 24.4 Å². The van der Waals surface area contributed by atoms with Crippen LogP contribution in [0.5, 0.6) is 0 Å². The number of hydrogen-bond acceptors (Lipinski definition) is 6. The number of alkyl halides is 3. The van der Waals surface area contributed by atoms with Crippen molar-refractivity contribution in [2.75, 3.05) is 18.4 Å². The van der Waals surface area contributed by atoms with Gasteiger partial charge in [-0.05, 0) is 35.4 Å². The maximum absolute atomic E-state index is 14.9. The quantitative estimate of drug-likeness (QED) is 0.264. The van der Waals surface area contributed by atoms with E-state index in [0.717, 1.165) is 23.8 Å². The summed E-state index contributed by atoms with van der Waals surface area (Å²) >= 11 is 0. The lowest BCUT2D eigenvalue weighted by Crippen LogP contribution is -2.16. The molecule has 0 aliphatic carbocycles. The minimum atomic E-state index is -4.47. The van der Waals surface area contributed by atoms with Crippen LogP contribution < -0.4 is 16.5 Å². The average molecular weight is 538 g/mol. The smallest absolute Gasteiger partial charge is 0.381 e. The minimum Gasteiger partial charge on any atom is -0.381 e. The Morgan fingerprint density at radius 3 is 2.44 bits per heavy atom. The highest BCUT2D eigenvalue weighted by atomic mass is 19.4. The summed E-state index contributed by atoms with van der Waals surface area (Å²) in [6.45, 7) is 0.660. The second-order valence-corrected chi connectivity index (χ2v) is 8.93. The van der Waals surface area contributed by atoms with Crippen LogP contribution in [-0.4, -0.2) is 27.8 Å². The molecule has 0 atom stereocenters. The number of halogens is 4. The number of anilines is 1. The molecular formula is C28H23F4N5O2. The molecule has 5 rings (SSSR count). The average Bonchev–Trinajstić information content (AvgIpc) is 3.38. The normalized spacial score (nSPS) is 11.7. The first-order valence-electron chi connectivity index (χ1n) is 12.1. The SMILES string of the molecule is NCCNc1cc2c(cc1F)c(=O)c(-c1noc(Cc3ccccc3)n1)cn2Cc1ccc(C(F)(F)F)cc1. The number of rotatable bonds is 8. The number of aromatic nitrogens is 3. The largest absolute Gasteiger partial charge is 0.416 e. The van der Waals surface area contributed by atoms with Crippen LogP contribution in [0.4, 0.5) is 23.2 Å². The fourth-order valence-electron chi connectivity index (χ4n) is 4.25. The summed E-state index contributed by atoms with van der Waals surface area (Å²) < 4.78 is 61.1. The zero-order chi connectivity index (χ0) is 27.6. The van der Waals surface area contributed by atoms with Crippen LogP contribution >= 0.6 is 0 Å². The number of benzene rings is 3. The predicted molar refractivity (Wildman–Crippen MR) is 139 cm³/mol. The summed E-state index contributed by atoms with van der Waals surface area (Å²) in [5.41, 5.74) is 6.31. The van der Waals surface area contributed by atoms with Crippen LogP contribution in [0.25, 0.3) is 22.3 Å². The predicted octanol–water partition coefficient (Wildman–Crippen LogP) is 5.22. The number of nitrogens with zero attached hydrogens (tertiary/aromatic N) is 3. The summed E-state index contributed by atoms with van der Waals surface area (Å²) in [6, 6.07) is 16.7. The molecular weight excluding hydrogens is 514 g/mol. The van der Waals surface area contributed by atoms with Crippen molar-refractivity contribution < 1.29 is 22.1 Å². The molecule has 0 bridgehead atoms. The van der Waals surface area contributed by atoms with E-state index in [0.29, 0.717) is 24.0 Å². The molecule has 0 fully saturated rings. The zero-order valence-electron chi connectivity index (χ0n) is 20.5. The maximum atomic E-state index is 14.9. The van der Waals surface area contributed by atoms with Gasteiger partial charge in [-0.1, -0.05) is 47.6 Å². The summed E-state index contributed by atoms with van der Waals surface area (Å²) in [7, 11) is 0. The Labute approximate surface area is 219 Å². The molecule has 0 radical (unpaired) electrons. The molecule has 3 aromatic carbocycles. The van der Waals surface area contributed by atoms with Gasteiger partial charge in [0, 0.05) is 31.2 Å². The van der Waals surface area contributed by atoms with Gasteiger partial charge in [0.15, 0.2) is 0 Å². The first kappa shape index (κ1) is 26.1. The number of fused-ring (bicyclic) bond motifs is 1. The second kappa shape index (κ2) is 10.7. The molecule has 3 N–H and O–H groups in total. The van der Waals surface area contributed by atoms with E-state index in [1.54, 1.807) is 4.57 Å². The fourth-order valence-corrected chi connectivity index (χ4v) is 4.25. The van der Waals surface area contributed by atoms with Gasteiger partial charge in [-0.25, -0.2) is 4.39 Å². The molecule has 0 saturated heterocycles. The Bertz CT molecular complexity index is 1660. The Morgan fingerprint density at radius 1 is 1.00 bits per heavy atom. The zero-order valence-corrected chi connectivity index (χ0v) is 20.5. The van der Waals surface area contributed by atoms with Crippen molar-refractivity contribution >= 4 is 16.6 Å². The first-order valence-corrected chi connectivity index (χ1v) is 12.1. The third-order valence-electron chi connectivity index (χ3n) is 6.17. The summed E-state index contributed by atoms with van der Waals surface area (Å²) in [4.78, 5) is 17.8. The lowest BCUT2D eigenvalue weighted by molar-refractivity contribution is -0.137. The topological polar surface area (TPSA) is 99.0 Å². The highest BCUT2D eigenvalue weighted by Crippen LogP contribution is 2.30. The molecule has 2 aromatic heterocycles. The van der Waals surface area contributed by atoms with E-state index in [-0.39, 0.29) is 41.4 Å². The van der Waals surface area contributed by atoms with Crippen molar-refractivity contribution in [1.82, 2.24) is 14.7 Å². The number of pyridine rings is 1. The Hall–Kier alpha value is -4.51. The van der Waals surface area contributed by atoms with E-state index in [9.17, 15) is 22.4 Å². The summed E-state index contributed by atoms with van der Waals surface area (Å²) in [5, 5.41) is 6.92. The Morgan fingerprint density at radius 2 is 1.74 bits per heavy atom. The molecule has 0 spiro atoms. The molecule has 0 saturated carbocycles. The van der Waals surface area contributed by atoms with E-state index in [2.05, 4.69) is 15.5 Å². The molecule has 2 heterocycles. The highest BCUT2D eigenvalue weighted by molar-refractivity contribution is 5.86. The lowest BCUT2D eigenvalue weighted by atomic mass is 10.1. The molecule has 0 aliphatic rings. The van der Waals surface area contributed by atoms with Gasteiger partial charge in [-0.2, -0.15) is 18.2 Å². The van der Waals surface area contributed by atoms with Gasteiger partial charge in [-0.3, -0.25) is 4.79 Å². The van der Waals surface area contributed by atoms with Gasteiger partial charge in [0.1, 0.15) is 5.82 Å². The van der Waals surface area contributed by atoms with Gasteiger partial charge >= 0.3 is 6.18 Å². The Balaban J connectivity index is 1.59. The lowest BCUT2D eigenvalue weighted by Gasteiger charge is -2.16. The van der Waals surface area contributed by atoms with Crippen molar-refractivity contribution in [3.8, 4) is 11.4 Å². The van der Waals surface area contributed by atoms with E-state index in [1.807, 2.05) is 30.3 Å². The molecule has 200 valence electrons. The number of hydrogen-bond donors (Lipinski definition) is 2. The van der Waals surface area contributed by atoms with Crippen molar-refractivity contribution in [3.05, 3.63) is 112 Å². The molecule has 0 amide bonds. The van der Waals surface area contributed by atoms with Gasteiger partial charge in [0.25, 0.3) is 0 Å². The summed E-state index contributed by atoms with van der Waals surface area (Å²) in [5.74, 6) is -0.332. The van der Waals surface area contributed by atoms with E-state index < -0.39 is 23.0 Å². The Kier molecular flexibility index (Phi) is 7.16. The maximum Gasteiger partial charge on any atom is 0.416 e. The van der Waals surface area contributed by atoms with Crippen LogP contribution in [0.2, 0.25) is 0 Å². The van der Waals surface area contributed by atoms with Crippen molar-refractivity contribution in [3.63, 3.8) is 0 Å². The minimum absolute atomic E-state index is 0.0275. The standard InChI is InChI=1S/C28H23F4N5O2/c29-22-13-20-24(14-23(22)34-11-10-33)37(15-18-6-8-19(9-7-18)28(30,31)32)16-21(26(20)38)27-35-25(39-36-27)12-17-4-2-1-3-5-17/h1-9,13-14,16,34H,10-12,15,33H2. The first-order chi connectivity index (χ1) is 18.7. The van der Waals surface area contributed by atoms with E-state index >= 15 is 0 Å². The van der Waals surface area contributed by atoms with E-state index in [4.69, 9.17) is 10.3 Å². The van der Waals surface area contributed by atoms with Crippen molar-refractivity contribution in [2.45, 2.75) is 19.1 Å². The number of nitrogens with two attached hydrogens (primary N) is 1. The van der Waals surface area contributed by atoms with Gasteiger partial charge < -0.3 is 20.1 Å². The van der Waals surface area contributed by atoms with Crippen molar-refractivity contribution in [2.24, 2.45) is 5.73 Å². The van der Waals surface area contributed by atoms with Crippen LogP contribution in [0.3, 0.4) is 0 Å². The second-order valence-electron chi connectivity index (χ2n) is 8.93. The third-order valence-corrected chi connectivity index (χ3v) is 6.17. The van der Waals surface area contributed by atoms with Crippen LogP contribution in [0.15, 0.2) is 82.2 Å². The van der Waals surface area contributed by atoms with Gasteiger partial charge in [-0.15, -0.1) is 0 Å². The monoisotopic (exact) mass is 537 g/mol. The fraction of sp³-hybridized carbons (Fsp3) is 0.179. The molecule has 7 nitrogen and oxygen atoms in total. The highest BCUT2D eigenvalue weighted by Gasteiger charge is 2.30. The van der Waals surface area contributed by atoms with Crippen LogP contribution in [0, 0.1) is 5.82 Å². The molecule has 0 unspecified atom stereocenters. The summed E-state index contributed by atoms with van der Waals surface area (Å²) in [6.07, 6.45) is -2.61. The number of nitrogens with one attached hydrogen (secondary N) is 1. The van der Waals surface area contributed by atoms with Gasteiger partial charge in [0.2, 0.25) is 17.1 Å². The molecule has 5 aromatic rings. The molecule has 39 heavy (non-hydrogen) atoms.